The van der Waals surface area contributed by atoms with Crippen LogP contribution in [0.3, 0.4) is 0 Å². The molecule has 6 heteroatoms. The van der Waals surface area contributed by atoms with Crippen molar-refractivity contribution in [1.82, 2.24) is 9.97 Å². The summed E-state index contributed by atoms with van der Waals surface area (Å²) in [5.41, 5.74) is 7.78. The number of hydrogen-bond donors (Lipinski definition) is 1. The average molecular weight is 313 g/mol. The van der Waals surface area contributed by atoms with Crippen LogP contribution < -0.4 is 20.3 Å². The summed E-state index contributed by atoms with van der Waals surface area (Å²) in [4.78, 5) is 12.8. The van der Waals surface area contributed by atoms with Crippen molar-refractivity contribution in [3.05, 3.63) is 36.0 Å². The normalized spacial score (nSPS) is 16.7. The van der Waals surface area contributed by atoms with Gasteiger partial charge in [0.15, 0.2) is 0 Å². The number of fused-ring (bicyclic) bond motifs is 1. The molecule has 23 heavy (non-hydrogen) atoms. The van der Waals surface area contributed by atoms with Crippen LogP contribution in [0.4, 0.5) is 17.5 Å². The molecule has 2 N–H and O–H groups in total. The summed E-state index contributed by atoms with van der Waals surface area (Å²) >= 11 is 0. The summed E-state index contributed by atoms with van der Waals surface area (Å²) in [7, 11) is 2.00. The lowest BCUT2D eigenvalue weighted by atomic mass is 10.2. The number of nitrogens with zero attached hydrogens (tertiary/aromatic N) is 4. The maximum atomic E-state index is 6.16. The van der Waals surface area contributed by atoms with Crippen molar-refractivity contribution in [2.75, 3.05) is 42.2 Å². The van der Waals surface area contributed by atoms with Gasteiger partial charge in [-0.2, -0.15) is 4.98 Å². The third-order valence-electron chi connectivity index (χ3n) is 4.03. The highest BCUT2D eigenvalue weighted by atomic mass is 16.5. The first-order valence-corrected chi connectivity index (χ1v) is 7.89. The Hall–Kier alpha value is -2.50. The Kier molecular flexibility index (Phi) is 4.23. The summed E-state index contributed by atoms with van der Waals surface area (Å²) in [6, 6.07) is 10.1. The molecule has 0 spiro atoms. The van der Waals surface area contributed by atoms with Gasteiger partial charge in [-0.05, 0) is 26.0 Å². The molecule has 2 aromatic rings. The van der Waals surface area contributed by atoms with Crippen molar-refractivity contribution in [1.29, 1.82) is 0 Å². The van der Waals surface area contributed by atoms with E-state index in [0.717, 1.165) is 42.6 Å². The van der Waals surface area contributed by atoms with Crippen LogP contribution in [0.15, 0.2) is 30.3 Å². The molecule has 0 fully saturated rings. The molecule has 1 aliphatic heterocycles. The summed E-state index contributed by atoms with van der Waals surface area (Å²) in [5.74, 6) is 2.06. The molecule has 0 saturated carbocycles. The van der Waals surface area contributed by atoms with Crippen molar-refractivity contribution in [3.8, 4) is 5.75 Å². The number of aryl methyl sites for hydroxylation is 1. The zero-order valence-electron chi connectivity index (χ0n) is 13.9. The lowest BCUT2D eigenvalue weighted by molar-refractivity contribution is 0.200. The molecule has 1 atom stereocenters. The number of likely N-dealkylation sites (N-methyl/N-ethyl adjacent to an activating group) is 2. The summed E-state index contributed by atoms with van der Waals surface area (Å²) in [6.45, 7) is 6.64. The number of para-hydroxylation sites is 2. The Morgan fingerprint density at radius 2 is 2.13 bits per heavy atom. The van der Waals surface area contributed by atoms with Crippen LogP contribution in [0.25, 0.3) is 0 Å². The van der Waals surface area contributed by atoms with Crippen LogP contribution in [-0.4, -0.2) is 42.8 Å². The molecular weight excluding hydrogens is 290 g/mol. The van der Waals surface area contributed by atoms with Gasteiger partial charge in [0.05, 0.1) is 18.8 Å². The summed E-state index contributed by atoms with van der Waals surface area (Å²) < 4.78 is 6.16. The standard InChI is InChI=1S/C17H23N5O/c1-4-22-11-13(23-15-8-6-5-7-14(15)22)10-21(3)16-9-12(2)19-17(18)20-16/h5-9,13H,4,10-11H2,1-3H3,(H2,18,19,20)/t13-/m1/s1. The predicted molar refractivity (Wildman–Crippen MR) is 93.2 cm³/mol. The van der Waals surface area contributed by atoms with E-state index in [1.165, 1.54) is 0 Å². The number of rotatable bonds is 4. The SMILES string of the molecule is CCN1C[C@@H](CN(C)c2cc(C)nc(N)n2)Oc2ccccc21. The Bertz CT molecular complexity index is 670. The number of ether oxygens (including phenoxy) is 1. The number of anilines is 3. The predicted octanol–water partition coefficient (Wildman–Crippen LogP) is 2.09. The topological polar surface area (TPSA) is 67.5 Å². The molecule has 1 aromatic heterocycles. The molecule has 0 saturated heterocycles. The highest BCUT2D eigenvalue weighted by Gasteiger charge is 2.25. The minimum atomic E-state index is 0.0753. The summed E-state index contributed by atoms with van der Waals surface area (Å²) in [6.07, 6.45) is 0.0753. The van der Waals surface area contributed by atoms with Crippen molar-refractivity contribution in [3.63, 3.8) is 0 Å². The van der Waals surface area contributed by atoms with Crippen molar-refractivity contribution in [2.24, 2.45) is 0 Å². The highest BCUT2D eigenvalue weighted by molar-refractivity contribution is 5.60. The third-order valence-corrected chi connectivity index (χ3v) is 4.03. The Morgan fingerprint density at radius 1 is 1.35 bits per heavy atom. The fraction of sp³-hybridized carbons (Fsp3) is 0.412. The Balaban J connectivity index is 1.76. The molecule has 0 radical (unpaired) electrons. The molecule has 0 amide bonds. The van der Waals surface area contributed by atoms with Gasteiger partial charge in [-0.25, -0.2) is 4.98 Å². The minimum Gasteiger partial charge on any atom is -0.485 e. The fourth-order valence-electron chi connectivity index (χ4n) is 2.94. The largest absolute Gasteiger partial charge is 0.485 e. The van der Waals surface area contributed by atoms with E-state index in [-0.39, 0.29) is 6.10 Å². The molecule has 6 nitrogen and oxygen atoms in total. The first kappa shape index (κ1) is 15.4. The molecule has 2 heterocycles. The molecule has 0 aliphatic carbocycles. The van der Waals surface area contributed by atoms with Crippen molar-refractivity contribution in [2.45, 2.75) is 20.0 Å². The van der Waals surface area contributed by atoms with Gasteiger partial charge in [-0.1, -0.05) is 12.1 Å². The first-order chi connectivity index (χ1) is 11.1. The monoisotopic (exact) mass is 313 g/mol. The second-order valence-corrected chi connectivity index (χ2v) is 5.85. The maximum absolute atomic E-state index is 6.16. The van der Waals surface area contributed by atoms with Crippen molar-refractivity contribution < 1.29 is 4.74 Å². The number of benzene rings is 1. The second-order valence-electron chi connectivity index (χ2n) is 5.85. The Morgan fingerprint density at radius 3 is 2.87 bits per heavy atom. The number of nitrogen functional groups attached to an aromatic ring is 1. The van der Waals surface area contributed by atoms with E-state index in [9.17, 15) is 0 Å². The van der Waals surface area contributed by atoms with Crippen LogP contribution in [0, 0.1) is 6.92 Å². The van der Waals surface area contributed by atoms with Crippen LogP contribution >= 0.6 is 0 Å². The van der Waals surface area contributed by atoms with E-state index >= 15 is 0 Å². The second kappa shape index (κ2) is 6.32. The lowest BCUT2D eigenvalue weighted by Gasteiger charge is -2.37. The number of hydrogen-bond acceptors (Lipinski definition) is 6. The Labute approximate surface area is 136 Å². The van der Waals surface area contributed by atoms with E-state index in [4.69, 9.17) is 10.5 Å². The van der Waals surface area contributed by atoms with Crippen LogP contribution in [-0.2, 0) is 0 Å². The van der Waals surface area contributed by atoms with Gasteiger partial charge in [-0.3, -0.25) is 0 Å². The fourth-order valence-corrected chi connectivity index (χ4v) is 2.94. The maximum Gasteiger partial charge on any atom is 0.222 e. The van der Waals surface area contributed by atoms with Gasteiger partial charge in [0.25, 0.3) is 0 Å². The molecule has 122 valence electrons. The van der Waals surface area contributed by atoms with Crippen molar-refractivity contribution >= 4 is 17.5 Å². The molecular formula is C17H23N5O. The first-order valence-electron chi connectivity index (χ1n) is 7.89. The van der Waals surface area contributed by atoms with E-state index in [1.54, 1.807) is 0 Å². The van der Waals surface area contributed by atoms with Crippen LogP contribution in [0.5, 0.6) is 5.75 Å². The van der Waals surface area contributed by atoms with Gasteiger partial charge in [0.1, 0.15) is 17.7 Å². The minimum absolute atomic E-state index is 0.0753. The lowest BCUT2D eigenvalue weighted by Crippen LogP contribution is -2.45. The average Bonchev–Trinajstić information content (AvgIpc) is 2.53. The van der Waals surface area contributed by atoms with Gasteiger partial charge >= 0.3 is 0 Å². The number of aromatic nitrogens is 2. The van der Waals surface area contributed by atoms with Gasteiger partial charge in [0.2, 0.25) is 5.95 Å². The van der Waals surface area contributed by atoms with Gasteiger partial charge in [0, 0.05) is 25.4 Å². The summed E-state index contributed by atoms with van der Waals surface area (Å²) in [5, 5.41) is 0. The zero-order chi connectivity index (χ0) is 16.4. The van der Waals surface area contributed by atoms with E-state index < -0.39 is 0 Å². The quantitative estimate of drug-likeness (QED) is 0.932. The van der Waals surface area contributed by atoms with Crippen LogP contribution in [0.2, 0.25) is 0 Å². The molecule has 1 aromatic carbocycles. The number of nitrogens with two attached hydrogens (primary N) is 1. The molecule has 3 rings (SSSR count). The molecule has 0 bridgehead atoms. The van der Waals surface area contributed by atoms with E-state index in [2.05, 4.69) is 32.8 Å². The smallest absolute Gasteiger partial charge is 0.222 e. The van der Waals surface area contributed by atoms with E-state index in [0.29, 0.717) is 5.95 Å². The van der Waals surface area contributed by atoms with Gasteiger partial charge in [-0.15, -0.1) is 0 Å². The zero-order valence-corrected chi connectivity index (χ0v) is 13.9. The third kappa shape index (κ3) is 3.31. The molecule has 1 aliphatic rings. The molecule has 0 unspecified atom stereocenters. The highest BCUT2D eigenvalue weighted by Crippen LogP contribution is 2.33. The van der Waals surface area contributed by atoms with E-state index in [1.807, 2.05) is 38.2 Å². The van der Waals surface area contributed by atoms with Gasteiger partial charge < -0.3 is 20.3 Å². The van der Waals surface area contributed by atoms with Crippen LogP contribution in [0.1, 0.15) is 12.6 Å².